The first-order chi connectivity index (χ1) is 13.4. The van der Waals surface area contributed by atoms with Gasteiger partial charge in [0.15, 0.2) is 0 Å². The van der Waals surface area contributed by atoms with Gasteiger partial charge in [0.25, 0.3) is 0 Å². The highest BCUT2D eigenvalue weighted by Crippen LogP contribution is 2.35. The van der Waals surface area contributed by atoms with Crippen molar-refractivity contribution in [2.45, 2.75) is 63.5 Å². The van der Waals surface area contributed by atoms with E-state index < -0.39 is 17.7 Å². The fourth-order valence-corrected chi connectivity index (χ4v) is 3.57. The molecule has 9 heteroatoms. The second kappa shape index (κ2) is 7.70. The summed E-state index contributed by atoms with van der Waals surface area (Å²) in [6.07, 6.45) is -0.620. The van der Waals surface area contributed by atoms with E-state index in [1.54, 1.807) is 26.8 Å². The predicted molar refractivity (Wildman–Crippen MR) is 111 cm³/mol. The molecule has 2 aromatic rings. The van der Waals surface area contributed by atoms with E-state index in [2.05, 4.69) is 20.8 Å². The molecule has 29 heavy (non-hydrogen) atoms. The first kappa shape index (κ1) is 21.2. The summed E-state index contributed by atoms with van der Waals surface area (Å²) in [6, 6.07) is 4.86. The Hall–Kier alpha value is -2.55. The summed E-state index contributed by atoms with van der Waals surface area (Å²) in [7, 11) is 0. The Balaban J connectivity index is 1.76. The smallest absolute Gasteiger partial charge is 0.408 e. The maximum Gasteiger partial charge on any atom is 0.408 e. The number of fused-ring (bicyclic) bond motifs is 1. The van der Waals surface area contributed by atoms with Gasteiger partial charge in [0, 0.05) is 21.6 Å². The van der Waals surface area contributed by atoms with Crippen LogP contribution in [0.15, 0.2) is 27.5 Å². The number of hydrogen-bond donors (Lipinski definition) is 2. The number of ether oxygens (including phenoxy) is 1. The van der Waals surface area contributed by atoms with Crippen molar-refractivity contribution in [2.24, 2.45) is 0 Å². The lowest BCUT2D eigenvalue weighted by Gasteiger charge is -2.22. The molecule has 0 spiro atoms. The van der Waals surface area contributed by atoms with Gasteiger partial charge >= 0.3 is 6.09 Å². The molecule has 0 fully saturated rings. The molecule has 3 rings (SSSR count). The van der Waals surface area contributed by atoms with Gasteiger partial charge in [-0.25, -0.2) is 4.79 Å². The third kappa shape index (κ3) is 5.29. The standard InChI is InChI=1S/C20H26N4O4S/c1-19(2,3)17-24-23-16(27-17)11-7-8-14-12(9-11)21-15(25)13(10-29-14)22-18(26)28-20(4,5)6/h7-9,13H,10H2,1-6H3,(H,21,25)(H,22,26)/t13-/m0/s1. The van der Waals surface area contributed by atoms with Gasteiger partial charge in [0.1, 0.15) is 11.6 Å². The van der Waals surface area contributed by atoms with Crippen molar-refractivity contribution >= 4 is 29.4 Å². The average Bonchev–Trinajstić information content (AvgIpc) is 3.02. The van der Waals surface area contributed by atoms with Gasteiger partial charge in [0.2, 0.25) is 17.7 Å². The Bertz CT molecular complexity index is 927. The van der Waals surface area contributed by atoms with Gasteiger partial charge in [-0.15, -0.1) is 22.0 Å². The van der Waals surface area contributed by atoms with Crippen LogP contribution >= 0.6 is 11.8 Å². The second-order valence-electron chi connectivity index (χ2n) is 8.87. The van der Waals surface area contributed by atoms with Crippen molar-refractivity contribution in [3.63, 3.8) is 0 Å². The number of alkyl carbamates (subject to hydrolysis) is 1. The quantitative estimate of drug-likeness (QED) is 0.760. The van der Waals surface area contributed by atoms with E-state index in [9.17, 15) is 9.59 Å². The molecule has 1 aromatic carbocycles. The molecule has 1 aliphatic rings. The fraction of sp³-hybridized carbons (Fsp3) is 0.500. The molecular weight excluding hydrogens is 392 g/mol. The van der Waals surface area contributed by atoms with Gasteiger partial charge < -0.3 is 19.8 Å². The number of carbonyl (C=O) groups excluding carboxylic acids is 2. The number of aromatic nitrogens is 2. The summed E-state index contributed by atoms with van der Waals surface area (Å²) in [5.41, 5.74) is 0.473. The molecule has 0 saturated carbocycles. The molecule has 1 aliphatic heterocycles. The van der Waals surface area contributed by atoms with Crippen LogP contribution in [0.25, 0.3) is 11.5 Å². The van der Waals surface area contributed by atoms with E-state index in [0.717, 1.165) is 4.90 Å². The molecule has 1 atom stereocenters. The number of nitrogens with one attached hydrogen (secondary N) is 2. The molecule has 0 radical (unpaired) electrons. The molecule has 0 saturated heterocycles. The van der Waals surface area contributed by atoms with E-state index in [0.29, 0.717) is 28.8 Å². The number of rotatable bonds is 2. The van der Waals surface area contributed by atoms with Crippen molar-refractivity contribution in [2.75, 3.05) is 11.1 Å². The fourth-order valence-electron chi connectivity index (χ4n) is 2.56. The molecule has 156 valence electrons. The van der Waals surface area contributed by atoms with Crippen molar-refractivity contribution in [1.29, 1.82) is 0 Å². The highest BCUT2D eigenvalue weighted by atomic mass is 32.2. The summed E-state index contributed by atoms with van der Waals surface area (Å²) >= 11 is 1.47. The lowest BCUT2D eigenvalue weighted by Crippen LogP contribution is -2.46. The monoisotopic (exact) mass is 418 g/mol. The number of thioether (sulfide) groups is 1. The van der Waals surface area contributed by atoms with Crippen LogP contribution in [0.1, 0.15) is 47.4 Å². The number of carbonyl (C=O) groups is 2. The molecule has 8 nitrogen and oxygen atoms in total. The highest BCUT2D eigenvalue weighted by molar-refractivity contribution is 7.99. The summed E-state index contributed by atoms with van der Waals surface area (Å²) in [5, 5.41) is 13.7. The molecule has 0 unspecified atom stereocenters. The van der Waals surface area contributed by atoms with Gasteiger partial charge in [-0.05, 0) is 39.0 Å². The molecule has 1 aromatic heterocycles. The van der Waals surface area contributed by atoms with Crippen molar-refractivity contribution in [3.05, 3.63) is 24.1 Å². The number of anilines is 1. The zero-order chi connectivity index (χ0) is 21.4. The number of benzene rings is 1. The van der Waals surface area contributed by atoms with Crippen LogP contribution in [-0.2, 0) is 14.9 Å². The Morgan fingerprint density at radius 3 is 2.59 bits per heavy atom. The van der Waals surface area contributed by atoms with E-state index in [1.807, 2.05) is 32.9 Å². The van der Waals surface area contributed by atoms with Crippen LogP contribution in [0.3, 0.4) is 0 Å². The van der Waals surface area contributed by atoms with E-state index in [-0.39, 0.29) is 11.3 Å². The Labute approximate surface area is 174 Å². The maximum atomic E-state index is 12.6. The first-order valence-electron chi connectivity index (χ1n) is 9.34. The molecule has 2 N–H and O–H groups in total. The SMILES string of the molecule is CC(C)(C)OC(=O)N[C@H]1CSc2ccc(-c3nnc(C(C)(C)C)o3)cc2NC1=O. The molecule has 0 bridgehead atoms. The van der Waals surface area contributed by atoms with E-state index in [1.165, 1.54) is 11.8 Å². The lowest BCUT2D eigenvalue weighted by molar-refractivity contribution is -0.117. The molecular formula is C20H26N4O4S. The lowest BCUT2D eigenvalue weighted by atomic mass is 9.97. The van der Waals surface area contributed by atoms with Gasteiger partial charge in [-0.2, -0.15) is 0 Å². The van der Waals surface area contributed by atoms with Crippen LogP contribution < -0.4 is 10.6 Å². The van der Waals surface area contributed by atoms with Gasteiger partial charge in [-0.1, -0.05) is 20.8 Å². The summed E-state index contributed by atoms with van der Waals surface area (Å²) < 4.78 is 11.0. The zero-order valence-electron chi connectivity index (χ0n) is 17.5. The number of hydrogen-bond acceptors (Lipinski definition) is 7. The van der Waals surface area contributed by atoms with Gasteiger partial charge in [-0.3, -0.25) is 4.79 Å². The summed E-state index contributed by atoms with van der Waals surface area (Å²) in [6.45, 7) is 11.3. The number of amides is 2. The van der Waals surface area contributed by atoms with Crippen molar-refractivity contribution < 1.29 is 18.7 Å². The minimum atomic E-state index is -0.707. The zero-order valence-corrected chi connectivity index (χ0v) is 18.3. The molecule has 2 heterocycles. The van der Waals surface area contributed by atoms with E-state index in [4.69, 9.17) is 9.15 Å². The minimum Gasteiger partial charge on any atom is -0.444 e. The second-order valence-corrected chi connectivity index (χ2v) is 9.93. The largest absolute Gasteiger partial charge is 0.444 e. The van der Waals surface area contributed by atoms with Crippen LogP contribution in [0.4, 0.5) is 10.5 Å². The van der Waals surface area contributed by atoms with Gasteiger partial charge in [0.05, 0.1) is 5.69 Å². The Morgan fingerprint density at radius 2 is 1.97 bits per heavy atom. The number of nitrogens with zero attached hydrogens (tertiary/aromatic N) is 2. The van der Waals surface area contributed by atoms with E-state index >= 15 is 0 Å². The topological polar surface area (TPSA) is 106 Å². The van der Waals surface area contributed by atoms with Crippen LogP contribution in [0.5, 0.6) is 0 Å². The van der Waals surface area contributed by atoms with Crippen molar-refractivity contribution in [1.82, 2.24) is 15.5 Å². The summed E-state index contributed by atoms with van der Waals surface area (Å²) in [5.74, 6) is 1.03. The minimum absolute atomic E-state index is 0.248. The highest BCUT2D eigenvalue weighted by Gasteiger charge is 2.28. The average molecular weight is 419 g/mol. The van der Waals surface area contributed by atoms with Crippen LogP contribution in [-0.4, -0.2) is 39.6 Å². The normalized spacial score (nSPS) is 17.2. The molecule has 2 amide bonds. The Morgan fingerprint density at radius 1 is 1.24 bits per heavy atom. The first-order valence-corrected chi connectivity index (χ1v) is 10.3. The molecule has 0 aliphatic carbocycles. The Kier molecular flexibility index (Phi) is 5.62. The maximum absolute atomic E-state index is 12.6. The third-order valence-electron chi connectivity index (χ3n) is 3.96. The van der Waals surface area contributed by atoms with Crippen LogP contribution in [0.2, 0.25) is 0 Å². The summed E-state index contributed by atoms with van der Waals surface area (Å²) in [4.78, 5) is 25.5. The van der Waals surface area contributed by atoms with Crippen LogP contribution in [0, 0.1) is 0 Å². The van der Waals surface area contributed by atoms with Crippen molar-refractivity contribution in [3.8, 4) is 11.5 Å². The predicted octanol–water partition coefficient (Wildman–Crippen LogP) is 3.97. The third-order valence-corrected chi connectivity index (χ3v) is 5.13.